The summed E-state index contributed by atoms with van der Waals surface area (Å²) in [7, 11) is 2.04. The molecular formula is C18H18N2O. The smallest absolute Gasteiger partial charge is 0.250 e. The lowest BCUT2D eigenvalue weighted by Crippen LogP contribution is -2.52. The summed E-state index contributed by atoms with van der Waals surface area (Å²) in [5.41, 5.74) is 3.53. The molecule has 0 radical (unpaired) electrons. The molecule has 2 unspecified atom stereocenters. The molecule has 106 valence electrons. The van der Waals surface area contributed by atoms with E-state index in [-0.39, 0.29) is 11.9 Å². The fraction of sp³-hybridized carbons (Fsp3) is 0.278. The van der Waals surface area contributed by atoms with Crippen LogP contribution in [-0.2, 0) is 4.79 Å². The maximum atomic E-state index is 13.0. The molecule has 1 amide bonds. The van der Waals surface area contributed by atoms with Crippen molar-refractivity contribution >= 4 is 17.3 Å². The molecule has 0 N–H and O–H groups in total. The molecule has 2 atom stereocenters. The number of likely N-dealkylation sites (N-methyl/N-ethyl adjacent to an activating group) is 1. The van der Waals surface area contributed by atoms with Crippen molar-refractivity contribution < 1.29 is 4.79 Å². The fourth-order valence-electron chi connectivity index (χ4n) is 3.77. The maximum Gasteiger partial charge on any atom is 0.250 e. The van der Waals surface area contributed by atoms with Gasteiger partial charge in [-0.15, -0.1) is 0 Å². The van der Waals surface area contributed by atoms with E-state index in [4.69, 9.17) is 0 Å². The summed E-state index contributed by atoms with van der Waals surface area (Å²) >= 11 is 0. The Labute approximate surface area is 124 Å². The Hall–Kier alpha value is -2.29. The van der Waals surface area contributed by atoms with Gasteiger partial charge in [0, 0.05) is 30.9 Å². The number of fused-ring (bicyclic) bond motifs is 3. The molecule has 0 saturated carbocycles. The summed E-state index contributed by atoms with van der Waals surface area (Å²) in [6, 6.07) is 18.3. The number of anilines is 2. The van der Waals surface area contributed by atoms with Gasteiger partial charge in [-0.1, -0.05) is 36.4 Å². The Kier molecular flexibility index (Phi) is 2.74. The third kappa shape index (κ3) is 1.77. The van der Waals surface area contributed by atoms with E-state index in [9.17, 15) is 4.79 Å². The average molecular weight is 278 g/mol. The number of carbonyl (C=O) groups excluding carboxylic acids is 1. The van der Waals surface area contributed by atoms with Crippen LogP contribution in [0.3, 0.4) is 0 Å². The first kappa shape index (κ1) is 12.5. The number of benzene rings is 2. The summed E-state index contributed by atoms with van der Waals surface area (Å²) in [5, 5.41) is 0. The van der Waals surface area contributed by atoms with Crippen LogP contribution in [0.15, 0.2) is 54.6 Å². The summed E-state index contributed by atoms with van der Waals surface area (Å²) in [6.07, 6.45) is 1.02. The third-order valence-corrected chi connectivity index (χ3v) is 4.77. The largest absolute Gasteiger partial charge is 0.362 e. The zero-order valence-electron chi connectivity index (χ0n) is 12.1. The molecule has 0 spiro atoms. The Balaban J connectivity index is 1.71. The average Bonchev–Trinajstić information content (AvgIpc) is 2.83. The maximum absolute atomic E-state index is 13.0. The SMILES string of the molecule is CN1c2ccccc2C2CCN(c3ccccc3)C(=O)C21. The van der Waals surface area contributed by atoms with E-state index in [1.807, 2.05) is 48.3 Å². The molecule has 2 aliphatic heterocycles. The van der Waals surface area contributed by atoms with Gasteiger partial charge in [-0.3, -0.25) is 4.79 Å². The number of hydrogen-bond acceptors (Lipinski definition) is 2. The first-order chi connectivity index (χ1) is 10.3. The van der Waals surface area contributed by atoms with Crippen molar-refractivity contribution in [2.45, 2.75) is 18.4 Å². The van der Waals surface area contributed by atoms with Crippen LogP contribution in [0, 0.1) is 0 Å². The van der Waals surface area contributed by atoms with E-state index in [0.29, 0.717) is 5.92 Å². The molecule has 0 aliphatic carbocycles. The van der Waals surface area contributed by atoms with Crippen LogP contribution in [0.1, 0.15) is 17.9 Å². The lowest BCUT2D eigenvalue weighted by Gasteiger charge is -2.37. The summed E-state index contributed by atoms with van der Waals surface area (Å²) in [5.74, 6) is 0.551. The number of piperidine rings is 1. The van der Waals surface area contributed by atoms with Crippen molar-refractivity contribution in [1.29, 1.82) is 0 Å². The van der Waals surface area contributed by atoms with Gasteiger partial charge in [0.1, 0.15) is 6.04 Å². The van der Waals surface area contributed by atoms with Crippen LogP contribution in [-0.4, -0.2) is 25.5 Å². The number of amides is 1. The normalized spacial score (nSPS) is 24.0. The van der Waals surface area contributed by atoms with E-state index >= 15 is 0 Å². The number of hydrogen-bond donors (Lipinski definition) is 0. The molecular weight excluding hydrogens is 260 g/mol. The Morgan fingerprint density at radius 1 is 1.00 bits per heavy atom. The molecule has 1 saturated heterocycles. The minimum atomic E-state index is -0.0589. The highest BCUT2D eigenvalue weighted by Gasteiger charge is 2.45. The van der Waals surface area contributed by atoms with Gasteiger partial charge in [0.25, 0.3) is 0 Å². The quantitative estimate of drug-likeness (QED) is 0.800. The van der Waals surface area contributed by atoms with Gasteiger partial charge in [0.05, 0.1) is 0 Å². The lowest BCUT2D eigenvalue weighted by molar-refractivity contribution is -0.121. The zero-order valence-corrected chi connectivity index (χ0v) is 12.1. The van der Waals surface area contributed by atoms with Crippen molar-refractivity contribution in [2.24, 2.45) is 0 Å². The Morgan fingerprint density at radius 3 is 2.52 bits per heavy atom. The minimum Gasteiger partial charge on any atom is -0.362 e. The van der Waals surface area contributed by atoms with Crippen LogP contribution >= 0.6 is 0 Å². The second-order valence-electron chi connectivity index (χ2n) is 5.84. The second-order valence-corrected chi connectivity index (χ2v) is 5.84. The van der Waals surface area contributed by atoms with Gasteiger partial charge in [-0.05, 0) is 30.2 Å². The summed E-state index contributed by atoms with van der Waals surface area (Å²) in [4.78, 5) is 17.1. The van der Waals surface area contributed by atoms with Crippen molar-refractivity contribution in [2.75, 3.05) is 23.4 Å². The van der Waals surface area contributed by atoms with E-state index in [1.165, 1.54) is 11.3 Å². The highest BCUT2D eigenvalue weighted by Crippen LogP contribution is 2.45. The molecule has 2 heterocycles. The predicted octanol–water partition coefficient (Wildman–Crippen LogP) is 3.03. The van der Waals surface area contributed by atoms with E-state index < -0.39 is 0 Å². The molecule has 4 rings (SSSR count). The van der Waals surface area contributed by atoms with Crippen LogP contribution in [0.5, 0.6) is 0 Å². The standard InChI is InChI=1S/C18H18N2O/c1-19-16-10-6-5-9-14(16)15-11-12-20(18(21)17(15)19)13-7-3-2-4-8-13/h2-10,15,17H,11-12H2,1H3. The van der Waals surface area contributed by atoms with Crippen LogP contribution in [0.25, 0.3) is 0 Å². The van der Waals surface area contributed by atoms with Crippen molar-refractivity contribution in [3.05, 3.63) is 60.2 Å². The fourth-order valence-corrected chi connectivity index (χ4v) is 3.77. The number of nitrogens with zero attached hydrogens (tertiary/aromatic N) is 2. The molecule has 3 nitrogen and oxygen atoms in total. The van der Waals surface area contributed by atoms with Crippen molar-refractivity contribution in [1.82, 2.24) is 0 Å². The molecule has 0 bridgehead atoms. The molecule has 21 heavy (non-hydrogen) atoms. The van der Waals surface area contributed by atoms with Crippen LogP contribution in [0.4, 0.5) is 11.4 Å². The highest BCUT2D eigenvalue weighted by molar-refractivity contribution is 6.02. The van der Waals surface area contributed by atoms with Gasteiger partial charge >= 0.3 is 0 Å². The first-order valence-electron chi connectivity index (χ1n) is 7.45. The van der Waals surface area contributed by atoms with E-state index in [1.54, 1.807) is 0 Å². The molecule has 0 aromatic heterocycles. The number of rotatable bonds is 1. The van der Waals surface area contributed by atoms with E-state index in [2.05, 4.69) is 23.1 Å². The number of para-hydroxylation sites is 2. The van der Waals surface area contributed by atoms with Crippen molar-refractivity contribution in [3.63, 3.8) is 0 Å². The number of carbonyl (C=O) groups is 1. The Morgan fingerprint density at radius 2 is 1.71 bits per heavy atom. The minimum absolute atomic E-state index is 0.0589. The molecule has 1 fully saturated rings. The van der Waals surface area contributed by atoms with Crippen LogP contribution < -0.4 is 9.80 Å². The monoisotopic (exact) mass is 278 g/mol. The summed E-state index contributed by atoms with van der Waals surface area (Å²) < 4.78 is 0. The Bertz CT molecular complexity index is 683. The summed E-state index contributed by atoms with van der Waals surface area (Å²) in [6.45, 7) is 0.798. The van der Waals surface area contributed by atoms with Gasteiger partial charge in [0.15, 0.2) is 0 Å². The van der Waals surface area contributed by atoms with Gasteiger partial charge in [0.2, 0.25) is 5.91 Å². The predicted molar refractivity (Wildman–Crippen MR) is 84.8 cm³/mol. The molecule has 3 heteroatoms. The lowest BCUT2D eigenvalue weighted by atomic mass is 9.87. The highest BCUT2D eigenvalue weighted by atomic mass is 16.2. The zero-order chi connectivity index (χ0) is 14.4. The topological polar surface area (TPSA) is 23.6 Å². The van der Waals surface area contributed by atoms with Crippen LogP contribution in [0.2, 0.25) is 0 Å². The second kappa shape index (κ2) is 4.62. The molecule has 2 aromatic rings. The molecule has 2 aromatic carbocycles. The van der Waals surface area contributed by atoms with Gasteiger partial charge in [-0.25, -0.2) is 0 Å². The van der Waals surface area contributed by atoms with Gasteiger partial charge in [-0.2, -0.15) is 0 Å². The third-order valence-electron chi connectivity index (χ3n) is 4.77. The molecule has 2 aliphatic rings. The van der Waals surface area contributed by atoms with E-state index in [0.717, 1.165) is 18.7 Å². The first-order valence-corrected chi connectivity index (χ1v) is 7.45. The van der Waals surface area contributed by atoms with Crippen molar-refractivity contribution in [3.8, 4) is 0 Å². The van der Waals surface area contributed by atoms with Gasteiger partial charge < -0.3 is 9.80 Å².